The van der Waals surface area contributed by atoms with Gasteiger partial charge in [-0.15, -0.1) is 0 Å². The molecule has 6 heteroatoms. The molecule has 4 aromatic rings. The summed E-state index contributed by atoms with van der Waals surface area (Å²) >= 11 is 0. The van der Waals surface area contributed by atoms with E-state index in [0.717, 1.165) is 47.2 Å². The van der Waals surface area contributed by atoms with Crippen LogP contribution in [0.4, 0.5) is 0 Å². The van der Waals surface area contributed by atoms with Crippen LogP contribution in [0.15, 0.2) is 78.9 Å². The van der Waals surface area contributed by atoms with Crippen LogP contribution in [-0.2, 0) is 43.9 Å². The smallest absolute Gasteiger partial charge is 0.328 e. The van der Waals surface area contributed by atoms with Crippen molar-refractivity contribution in [1.82, 2.24) is 9.55 Å². The van der Waals surface area contributed by atoms with Crippen LogP contribution >= 0.6 is 0 Å². The summed E-state index contributed by atoms with van der Waals surface area (Å²) in [5, 5.41) is 0. The molecular formula is C32H36N2O4. The molecule has 0 bridgehead atoms. The zero-order valence-electron chi connectivity index (χ0n) is 22.5. The summed E-state index contributed by atoms with van der Waals surface area (Å²) in [5.74, 6) is -0.108. The van der Waals surface area contributed by atoms with E-state index >= 15 is 0 Å². The van der Waals surface area contributed by atoms with Gasteiger partial charge in [0.1, 0.15) is 5.82 Å². The molecule has 0 amide bonds. The zero-order valence-corrected chi connectivity index (χ0v) is 22.5. The lowest BCUT2D eigenvalue weighted by molar-refractivity contribution is -0.165. The fourth-order valence-corrected chi connectivity index (χ4v) is 4.88. The number of carbonyl (C=O) groups excluding carboxylic acids is 2. The molecule has 38 heavy (non-hydrogen) atoms. The first kappa shape index (κ1) is 27.1. The molecule has 0 saturated carbocycles. The van der Waals surface area contributed by atoms with Gasteiger partial charge in [-0.25, -0.2) is 4.98 Å². The Bertz CT molecular complexity index is 1340. The Balaban J connectivity index is 1.67. The Hall–Kier alpha value is -3.93. The number of aryl methyl sites for hydroxylation is 1. The first-order valence-electron chi connectivity index (χ1n) is 13.4. The second-order valence-corrected chi connectivity index (χ2v) is 9.41. The number of esters is 2. The lowest BCUT2D eigenvalue weighted by atomic mass is 9.75. The average molecular weight is 513 g/mol. The van der Waals surface area contributed by atoms with Gasteiger partial charge in [-0.3, -0.25) is 9.59 Å². The van der Waals surface area contributed by atoms with E-state index in [1.54, 1.807) is 26.0 Å². The summed E-state index contributed by atoms with van der Waals surface area (Å²) in [6.07, 6.45) is 3.28. The number of para-hydroxylation sites is 2. The van der Waals surface area contributed by atoms with E-state index in [9.17, 15) is 9.59 Å². The van der Waals surface area contributed by atoms with Crippen LogP contribution in [0.3, 0.4) is 0 Å². The van der Waals surface area contributed by atoms with Crippen LogP contribution in [0.5, 0.6) is 0 Å². The number of ether oxygens (including phenoxy) is 2. The van der Waals surface area contributed by atoms with Crippen LogP contribution in [0.2, 0.25) is 0 Å². The predicted octanol–water partition coefficient (Wildman–Crippen LogP) is 6.03. The van der Waals surface area contributed by atoms with Gasteiger partial charge in [0.05, 0.1) is 24.2 Å². The van der Waals surface area contributed by atoms with Crippen molar-refractivity contribution >= 4 is 23.0 Å². The molecule has 3 aromatic carbocycles. The summed E-state index contributed by atoms with van der Waals surface area (Å²) < 4.78 is 13.1. The number of aromatic nitrogens is 2. The number of hydrogen-bond donors (Lipinski definition) is 0. The van der Waals surface area contributed by atoms with E-state index < -0.39 is 17.4 Å². The largest absolute Gasteiger partial charge is 0.465 e. The fourth-order valence-electron chi connectivity index (χ4n) is 4.88. The van der Waals surface area contributed by atoms with Crippen molar-refractivity contribution in [2.75, 3.05) is 13.2 Å². The maximum atomic E-state index is 13.4. The van der Waals surface area contributed by atoms with Gasteiger partial charge in [0, 0.05) is 19.4 Å². The molecule has 0 radical (unpaired) electrons. The molecule has 1 heterocycles. The Morgan fingerprint density at radius 1 is 0.789 bits per heavy atom. The number of benzene rings is 3. The van der Waals surface area contributed by atoms with Gasteiger partial charge in [0.25, 0.3) is 0 Å². The van der Waals surface area contributed by atoms with Crippen LogP contribution in [0.25, 0.3) is 11.0 Å². The quantitative estimate of drug-likeness (QED) is 0.171. The normalized spacial score (nSPS) is 11.4. The van der Waals surface area contributed by atoms with Crippen molar-refractivity contribution in [3.63, 3.8) is 0 Å². The minimum absolute atomic E-state index is 0.144. The van der Waals surface area contributed by atoms with E-state index in [1.807, 2.05) is 42.5 Å². The summed E-state index contributed by atoms with van der Waals surface area (Å²) in [6.45, 7) is 6.70. The molecule has 0 aliphatic carbocycles. The maximum absolute atomic E-state index is 13.4. The fraction of sp³-hybridized carbons (Fsp3) is 0.344. The zero-order chi connectivity index (χ0) is 27.0. The Morgan fingerprint density at radius 2 is 1.39 bits per heavy atom. The van der Waals surface area contributed by atoms with Gasteiger partial charge in [-0.1, -0.05) is 80.1 Å². The summed E-state index contributed by atoms with van der Waals surface area (Å²) in [7, 11) is 0. The van der Waals surface area contributed by atoms with E-state index in [4.69, 9.17) is 14.5 Å². The SMILES string of the molecule is CCCCc1nc2ccccc2n1Cc1ccc(CC(C(=O)OCC)(C(=O)OCC)c2ccccc2)cc1. The van der Waals surface area contributed by atoms with E-state index in [2.05, 4.69) is 35.8 Å². The highest BCUT2D eigenvalue weighted by Gasteiger charge is 2.50. The summed E-state index contributed by atoms with van der Waals surface area (Å²) in [5.41, 5.74) is 3.07. The van der Waals surface area contributed by atoms with E-state index in [1.165, 1.54) is 0 Å². The van der Waals surface area contributed by atoms with Crippen molar-refractivity contribution in [1.29, 1.82) is 0 Å². The molecule has 0 fully saturated rings. The van der Waals surface area contributed by atoms with Crippen molar-refractivity contribution in [3.8, 4) is 0 Å². The van der Waals surface area contributed by atoms with Crippen LogP contribution < -0.4 is 0 Å². The Labute approximate surface area is 224 Å². The molecule has 4 rings (SSSR count). The van der Waals surface area contributed by atoms with E-state index in [-0.39, 0.29) is 19.6 Å². The number of carbonyl (C=O) groups is 2. The molecule has 0 spiro atoms. The van der Waals surface area contributed by atoms with Crippen molar-refractivity contribution < 1.29 is 19.1 Å². The van der Waals surface area contributed by atoms with E-state index in [0.29, 0.717) is 12.1 Å². The molecule has 6 nitrogen and oxygen atoms in total. The number of rotatable bonds is 12. The minimum Gasteiger partial charge on any atom is -0.465 e. The lowest BCUT2D eigenvalue weighted by Gasteiger charge is -2.30. The lowest BCUT2D eigenvalue weighted by Crippen LogP contribution is -2.48. The minimum atomic E-state index is -1.58. The van der Waals surface area contributed by atoms with Gasteiger partial charge in [-0.2, -0.15) is 0 Å². The first-order chi connectivity index (χ1) is 18.5. The molecule has 0 saturated heterocycles. The third kappa shape index (κ3) is 5.64. The van der Waals surface area contributed by atoms with Crippen LogP contribution in [-0.4, -0.2) is 34.7 Å². The van der Waals surface area contributed by atoms with Gasteiger partial charge < -0.3 is 14.0 Å². The molecule has 0 unspecified atom stereocenters. The summed E-state index contributed by atoms with van der Waals surface area (Å²) in [6, 6.07) is 25.4. The molecule has 198 valence electrons. The first-order valence-corrected chi connectivity index (χ1v) is 13.4. The van der Waals surface area contributed by atoms with Gasteiger partial charge in [-0.05, 0) is 49.1 Å². The van der Waals surface area contributed by atoms with Gasteiger partial charge in [0.15, 0.2) is 5.41 Å². The summed E-state index contributed by atoms with van der Waals surface area (Å²) in [4.78, 5) is 31.6. The van der Waals surface area contributed by atoms with Crippen LogP contribution in [0, 0.1) is 0 Å². The van der Waals surface area contributed by atoms with Gasteiger partial charge >= 0.3 is 11.9 Å². The Kier molecular flexibility index (Phi) is 8.95. The molecule has 1 aromatic heterocycles. The van der Waals surface area contributed by atoms with Crippen molar-refractivity contribution in [2.45, 2.75) is 58.4 Å². The monoisotopic (exact) mass is 512 g/mol. The van der Waals surface area contributed by atoms with Crippen molar-refractivity contribution in [2.24, 2.45) is 0 Å². The maximum Gasteiger partial charge on any atom is 0.328 e. The average Bonchev–Trinajstić information content (AvgIpc) is 3.29. The molecule has 0 aliphatic heterocycles. The molecular weight excluding hydrogens is 476 g/mol. The number of unbranched alkanes of at least 4 members (excludes halogenated alkanes) is 1. The second-order valence-electron chi connectivity index (χ2n) is 9.41. The predicted molar refractivity (Wildman–Crippen MR) is 149 cm³/mol. The second kappa shape index (κ2) is 12.5. The Morgan fingerprint density at radius 3 is 2.03 bits per heavy atom. The number of fused-ring (bicyclic) bond motifs is 1. The van der Waals surface area contributed by atoms with Crippen LogP contribution in [0.1, 0.15) is 56.1 Å². The van der Waals surface area contributed by atoms with Gasteiger partial charge in [0.2, 0.25) is 0 Å². The number of imidazole rings is 1. The standard InChI is InChI=1S/C32H36N2O4/c1-4-7-17-29-33-27-15-11-12-16-28(27)34(29)23-25-20-18-24(19-21-25)22-32(30(35)37-5-2,31(36)38-6-3)26-13-9-8-10-14-26/h8-16,18-21H,4-7,17,22-23H2,1-3H3. The molecule has 0 N–H and O–H groups in total. The topological polar surface area (TPSA) is 70.4 Å². The third-order valence-corrected chi connectivity index (χ3v) is 6.83. The third-order valence-electron chi connectivity index (χ3n) is 6.83. The highest BCUT2D eigenvalue weighted by Crippen LogP contribution is 2.33. The van der Waals surface area contributed by atoms with Crippen molar-refractivity contribution in [3.05, 3.63) is 101 Å². The molecule has 0 aliphatic rings. The highest BCUT2D eigenvalue weighted by atomic mass is 16.6. The number of hydrogen-bond acceptors (Lipinski definition) is 5. The molecule has 0 atom stereocenters. The highest BCUT2D eigenvalue weighted by molar-refractivity contribution is 6.06. The number of nitrogens with zero attached hydrogens (tertiary/aromatic N) is 2.